The Kier molecular flexibility index (Phi) is 12.1. The molecule has 1 aliphatic heterocycles. The van der Waals surface area contributed by atoms with Crippen molar-refractivity contribution in [2.75, 3.05) is 31.6 Å². The number of aliphatic hydroxyl groups is 1. The molecule has 10 nitrogen and oxygen atoms in total. The third-order valence-electron chi connectivity index (χ3n) is 8.72. The summed E-state index contributed by atoms with van der Waals surface area (Å²) in [5.41, 5.74) is 4.17. The second-order valence-electron chi connectivity index (χ2n) is 12.3. The minimum Gasteiger partial charge on any atom is -0.482 e. The third-order valence-corrected chi connectivity index (χ3v) is 9.03. The number of fused-ring (bicyclic) bond motifs is 1. The molecular weight excluding hydrogens is 642 g/mol. The van der Waals surface area contributed by atoms with Crippen LogP contribution in [-0.4, -0.2) is 74.8 Å². The monoisotopic (exact) mass is 685 g/mol. The molecule has 0 bridgehead atoms. The minimum absolute atomic E-state index is 0.146. The highest BCUT2D eigenvalue weighted by molar-refractivity contribution is 6.32. The predicted molar refractivity (Wildman–Crippen MR) is 190 cm³/mol. The number of rotatable bonds is 14. The number of nitrogens with one attached hydrogen (secondary N) is 1. The molecule has 0 radical (unpaired) electrons. The van der Waals surface area contributed by atoms with E-state index in [-0.39, 0.29) is 30.6 Å². The predicted octanol–water partition coefficient (Wildman–Crippen LogP) is 6.45. The number of halogens is 1. The highest BCUT2D eigenvalue weighted by atomic mass is 35.5. The maximum atomic E-state index is 14.5. The topological polar surface area (TPSA) is 117 Å². The lowest BCUT2D eigenvalue weighted by Crippen LogP contribution is -2.46. The molecule has 258 valence electrons. The summed E-state index contributed by atoms with van der Waals surface area (Å²) in [4.78, 5) is 44.6. The summed E-state index contributed by atoms with van der Waals surface area (Å²) < 4.78 is 7.22. The molecule has 49 heavy (non-hydrogen) atoms. The number of nitrogens with zero attached hydrogens (tertiary/aromatic N) is 4. The van der Waals surface area contributed by atoms with Gasteiger partial charge in [0.25, 0.3) is 17.7 Å². The molecule has 2 N–H and O–H groups in total. The summed E-state index contributed by atoms with van der Waals surface area (Å²) in [7, 11) is 0. The van der Waals surface area contributed by atoms with Gasteiger partial charge in [-0.1, -0.05) is 74.7 Å². The number of ether oxygens (including phenoxy) is 1. The van der Waals surface area contributed by atoms with Crippen LogP contribution in [0.1, 0.15) is 77.2 Å². The summed E-state index contributed by atoms with van der Waals surface area (Å²) >= 11 is 6.18. The molecular formula is C38H44ClN5O5. The van der Waals surface area contributed by atoms with E-state index in [1.807, 2.05) is 36.1 Å². The van der Waals surface area contributed by atoms with Crippen LogP contribution in [0.2, 0.25) is 5.02 Å². The molecule has 0 saturated carbocycles. The van der Waals surface area contributed by atoms with E-state index in [1.54, 1.807) is 58.1 Å². The van der Waals surface area contributed by atoms with Gasteiger partial charge in [0.05, 0.1) is 28.9 Å². The zero-order valence-corrected chi connectivity index (χ0v) is 29.1. The number of hydrogen-bond acceptors (Lipinski definition) is 6. The quantitative estimate of drug-likeness (QED) is 0.158. The zero-order valence-electron chi connectivity index (χ0n) is 28.3. The second-order valence-corrected chi connectivity index (χ2v) is 12.7. The van der Waals surface area contributed by atoms with E-state index in [0.717, 1.165) is 36.8 Å². The van der Waals surface area contributed by atoms with Crippen LogP contribution in [0.3, 0.4) is 0 Å². The molecule has 0 aliphatic carbocycles. The molecule has 3 aromatic carbocycles. The van der Waals surface area contributed by atoms with Gasteiger partial charge in [-0.15, -0.1) is 0 Å². The smallest absolute Gasteiger partial charge is 0.274 e. The highest BCUT2D eigenvalue weighted by Gasteiger charge is 2.32. The van der Waals surface area contributed by atoms with Crippen molar-refractivity contribution in [3.63, 3.8) is 0 Å². The molecule has 0 spiro atoms. The molecule has 1 unspecified atom stereocenters. The molecule has 1 aliphatic rings. The number of para-hydroxylation sites is 1. The molecule has 1 atom stereocenters. The molecule has 0 fully saturated rings. The van der Waals surface area contributed by atoms with Gasteiger partial charge in [0.2, 0.25) is 0 Å². The Morgan fingerprint density at radius 2 is 1.67 bits per heavy atom. The fraction of sp³-hybridized carbons (Fsp3) is 0.368. The van der Waals surface area contributed by atoms with Crippen LogP contribution in [0.5, 0.6) is 5.75 Å². The summed E-state index contributed by atoms with van der Waals surface area (Å²) in [6.45, 7) is 7.15. The van der Waals surface area contributed by atoms with Crippen molar-refractivity contribution in [2.45, 2.75) is 65.5 Å². The van der Waals surface area contributed by atoms with E-state index in [1.165, 1.54) is 0 Å². The van der Waals surface area contributed by atoms with Crippen LogP contribution in [0.25, 0.3) is 5.69 Å². The Morgan fingerprint density at radius 1 is 0.980 bits per heavy atom. The standard InChI is InChI=1S/C38H44ClN5O5/c1-4-6-18-42(19-7-5-2)38(48)33-20-26(3)44(41-33)34-17-16-29(40-36(46)25-49-35-15-11-10-14-32(35)39)22-31(34)37(47)43-23-28-13-9-8-12-27(28)21-30(43)24-45/h8-17,20,22,30,45H,4-7,18-19,21,23-25H2,1-3H3,(H,40,46). The van der Waals surface area contributed by atoms with Crippen molar-refractivity contribution in [1.29, 1.82) is 0 Å². The van der Waals surface area contributed by atoms with E-state index in [0.29, 0.717) is 59.6 Å². The lowest BCUT2D eigenvalue weighted by atomic mass is 9.93. The van der Waals surface area contributed by atoms with Gasteiger partial charge >= 0.3 is 0 Å². The summed E-state index contributed by atoms with van der Waals surface area (Å²) in [6, 6.07) is 21.1. The van der Waals surface area contributed by atoms with Crippen molar-refractivity contribution in [3.05, 3.63) is 106 Å². The van der Waals surface area contributed by atoms with Gasteiger partial charge in [-0.3, -0.25) is 14.4 Å². The number of carbonyl (C=O) groups is 3. The SMILES string of the molecule is CCCCN(CCCC)C(=O)c1cc(C)n(-c2ccc(NC(=O)COc3ccccc3Cl)cc2C(=O)N2Cc3ccccc3CC2CO)n1. The van der Waals surface area contributed by atoms with Crippen molar-refractivity contribution < 1.29 is 24.2 Å². The van der Waals surface area contributed by atoms with Crippen molar-refractivity contribution >= 4 is 35.0 Å². The zero-order chi connectivity index (χ0) is 34.9. The van der Waals surface area contributed by atoms with Gasteiger partial charge in [0.1, 0.15) is 5.75 Å². The van der Waals surface area contributed by atoms with Crippen LogP contribution in [0, 0.1) is 6.92 Å². The normalized spacial score (nSPS) is 13.9. The summed E-state index contributed by atoms with van der Waals surface area (Å²) in [6.07, 6.45) is 4.25. The lowest BCUT2D eigenvalue weighted by Gasteiger charge is -2.36. The van der Waals surface area contributed by atoms with Gasteiger partial charge in [0.15, 0.2) is 12.3 Å². The highest BCUT2D eigenvalue weighted by Crippen LogP contribution is 2.29. The summed E-state index contributed by atoms with van der Waals surface area (Å²) in [5.74, 6) is -0.531. The number of benzene rings is 3. The van der Waals surface area contributed by atoms with Crippen LogP contribution >= 0.6 is 11.6 Å². The molecule has 2 heterocycles. The van der Waals surface area contributed by atoms with Gasteiger partial charge in [-0.05, 0) is 73.7 Å². The van der Waals surface area contributed by atoms with E-state index in [2.05, 4.69) is 19.2 Å². The van der Waals surface area contributed by atoms with E-state index < -0.39 is 11.9 Å². The van der Waals surface area contributed by atoms with Crippen molar-refractivity contribution in [3.8, 4) is 11.4 Å². The van der Waals surface area contributed by atoms with Gasteiger partial charge in [0, 0.05) is 31.0 Å². The van der Waals surface area contributed by atoms with Crippen LogP contribution in [0.4, 0.5) is 5.69 Å². The number of aliphatic hydroxyl groups excluding tert-OH is 1. The van der Waals surface area contributed by atoms with Gasteiger partial charge in [-0.25, -0.2) is 4.68 Å². The van der Waals surface area contributed by atoms with E-state index >= 15 is 0 Å². The van der Waals surface area contributed by atoms with Crippen LogP contribution < -0.4 is 10.1 Å². The number of anilines is 1. The van der Waals surface area contributed by atoms with Gasteiger partial charge < -0.3 is 25.0 Å². The Bertz CT molecular complexity index is 1780. The number of aryl methyl sites for hydroxylation is 1. The maximum absolute atomic E-state index is 14.5. The third kappa shape index (κ3) is 8.50. The van der Waals surface area contributed by atoms with Crippen molar-refractivity contribution in [1.82, 2.24) is 19.6 Å². The maximum Gasteiger partial charge on any atom is 0.274 e. The fourth-order valence-corrected chi connectivity index (χ4v) is 6.20. The largest absolute Gasteiger partial charge is 0.482 e. The van der Waals surface area contributed by atoms with Crippen LogP contribution in [0.15, 0.2) is 72.8 Å². The number of hydrogen-bond donors (Lipinski definition) is 2. The first-order valence-electron chi connectivity index (χ1n) is 16.9. The minimum atomic E-state index is -0.445. The molecule has 5 rings (SSSR count). The second kappa shape index (κ2) is 16.6. The number of carbonyl (C=O) groups excluding carboxylic acids is 3. The van der Waals surface area contributed by atoms with E-state index in [9.17, 15) is 19.5 Å². The first-order chi connectivity index (χ1) is 23.7. The Balaban J connectivity index is 1.48. The average Bonchev–Trinajstić information content (AvgIpc) is 3.51. The molecule has 0 saturated heterocycles. The van der Waals surface area contributed by atoms with Crippen LogP contribution in [-0.2, 0) is 17.8 Å². The Hall–Kier alpha value is -4.67. The Labute approximate surface area is 292 Å². The fourth-order valence-electron chi connectivity index (χ4n) is 6.01. The average molecular weight is 686 g/mol. The number of unbranched alkanes of at least 4 members (excludes halogenated alkanes) is 2. The molecule has 3 amide bonds. The molecule has 1 aromatic heterocycles. The number of aromatic nitrogens is 2. The first-order valence-corrected chi connectivity index (χ1v) is 17.3. The van der Waals surface area contributed by atoms with Crippen molar-refractivity contribution in [2.24, 2.45) is 0 Å². The van der Waals surface area contributed by atoms with Gasteiger partial charge in [-0.2, -0.15) is 5.10 Å². The first kappa shape index (κ1) is 35.6. The number of amides is 3. The molecule has 4 aromatic rings. The molecule has 11 heteroatoms. The Morgan fingerprint density at radius 3 is 2.37 bits per heavy atom. The van der Waals surface area contributed by atoms with E-state index in [4.69, 9.17) is 21.4 Å². The lowest BCUT2D eigenvalue weighted by molar-refractivity contribution is -0.118. The summed E-state index contributed by atoms with van der Waals surface area (Å²) in [5, 5.41) is 18.3.